The minimum atomic E-state index is -0.250. The summed E-state index contributed by atoms with van der Waals surface area (Å²) in [6.07, 6.45) is 1.07. The molecule has 1 aliphatic heterocycles. The minimum absolute atomic E-state index is 0.0264. The molecule has 7 nitrogen and oxygen atoms in total. The number of amides is 1. The number of carbonyl (C=O) groups is 2. The highest BCUT2D eigenvalue weighted by Gasteiger charge is 2.18. The van der Waals surface area contributed by atoms with Gasteiger partial charge in [-0.1, -0.05) is 17.3 Å². The first-order valence-electron chi connectivity index (χ1n) is 8.30. The van der Waals surface area contributed by atoms with Crippen LogP contribution in [0.1, 0.15) is 40.0 Å². The quantitative estimate of drug-likeness (QED) is 0.745. The Labute approximate surface area is 145 Å². The number of ether oxygens (including phenoxy) is 1. The molecule has 2 aromatic rings. The van der Waals surface area contributed by atoms with E-state index in [9.17, 15) is 9.59 Å². The van der Waals surface area contributed by atoms with Gasteiger partial charge in [0.1, 0.15) is 12.4 Å². The van der Waals surface area contributed by atoms with Crippen molar-refractivity contribution in [2.75, 3.05) is 19.6 Å². The number of rotatable bonds is 7. The van der Waals surface area contributed by atoms with Crippen molar-refractivity contribution < 1.29 is 18.8 Å². The molecule has 0 radical (unpaired) electrons. The molecular formula is C18H21N3O4. The number of nitrogens with one attached hydrogen (secondary N) is 2. The number of hydrogen-bond acceptors (Lipinski definition) is 6. The molecule has 0 spiro atoms. The van der Waals surface area contributed by atoms with Gasteiger partial charge in [0.25, 0.3) is 5.91 Å². The van der Waals surface area contributed by atoms with E-state index in [0.29, 0.717) is 29.5 Å². The lowest BCUT2D eigenvalue weighted by molar-refractivity contribution is 0.0938. The number of hydrogen-bond donors (Lipinski definition) is 2. The summed E-state index contributed by atoms with van der Waals surface area (Å²) in [7, 11) is 0. The molecule has 2 heterocycles. The Morgan fingerprint density at radius 2 is 2.28 bits per heavy atom. The molecule has 0 unspecified atom stereocenters. The molecule has 0 saturated carbocycles. The highest BCUT2D eigenvalue weighted by Crippen LogP contribution is 2.16. The van der Waals surface area contributed by atoms with Crippen LogP contribution in [0.4, 0.5) is 0 Å². The molecule has 1 saturated heterocycles. The predicted octanol–water partition coefficient (Wildman–Crippen LogP) is 1.80. The molecule has 25 heavy (non-hydrogen) atoms. The molecule has 1 fully saturated rings. The van der Waals surface area contributed by atoms with Gasteiger partial charge in [-0.3, -0.25) is 9.59 Å². The number of aromatic nitrogens is 1. The maximum Gasteiger partial charge on any atom is 0.273 e. The maximum absolute atomic E-state index is 12.1. The van der Waals surface area contributed by atoms with E-state index in [1.165, 1.54) is 6.92 Å². The fraction of sp³-hybridized carbons (Fsp3) is 0.389. The van der Waals surface area contributed by atoms with Crippen molar-refractivity contribution in [1.29, 1.82) is 0 Å². The molecule has 1 aliphatic rings. The Kier molecular flexibility index (Phi) is 5.45. The average molecular weight is 343 g/mol. The highest BCUT2D eigenvalue weighted by atomic mass is 16.5. The summed E-state index contributed by atoms with van der Waals surface area (Å²) in [6, 6.07) is 8.47. The van der Waals surface area contributed by atoms with Gasteiger partial charge < -0.3 is 19.9 Å². The van der Waals surface area contributed by atoms with Gasteiger partial charge in [-0.2, -0.15) is 0 Å². The topological polar surface area (TPSA) is 93.5 Å². The lowest BCUT2D eigenvalue weighted by Gasteiger charge is -2.08. The van der Waals surface area contributed by atoms with Crippen molar-refractivity contribution >= 4 is 11.7 Å². The molecule has 1 atom stereocenters. The maximum atomic E-state index is 12.1. The van der Waals surface area contributed by atoms with E-state index in [4.69, 9.17) is 9.26 Å². The van der Waals surface area contributed by atoms with Crippen LogP contribution in [0.5, 0.6) is 5.75 Å². The van der Waals surface area contributed by atoms with E-state index in [2.05, 4.69) is 15.8 Å². The molecule has 0 bridgehead atoms. The zero-order valence-corrected chi connectivity index (χ0v) is 14.1. The summed E-state index contributed by atoms with van der Waals surface area (Å²) >= 11 is 0. The summed E-state index contributed by atoms with van der Waals surface area (Å²) in [4.78, 5) is 23.5. The third kappa shape index (κ3) is 4.67. The lowest BCUT2D eigenvalue weighted by atomic mass is 10.1. The lowest BCUT2D eigenvalue weighted by Crippen LogP contribution is -2.30. The second-order valence-electron chi connectivity index (χ2n) is 6.12. The van der Waals surface area contributed by atoms with Crippen molar-refractivity contribution in [3.8, 4) is 5.75 Å². The summed E-state index contributed by atoms with van der Waals surface area (Å²) < 4.78 is 10.7. The molecule has 132 valence electrons. The van der Waals surface area contributed by atoms with E-state index in [1.54, 1.807) is 30.3 Å². The van der Waals surface area contributed by atoms with Gasteiger partial charge in [0.05, 0.1) is 0 Å². The van der Waals surface area contributed by atoms with Gasteiger partial charge in [0.2, 0.25) is 0 Å². The van der Waals surface area contributed by atoms with Crippen LogP contribution in [0.15, 0.2) is 34.9 Å². The molecule has 1 aromatic heterocycles. The Hall–Kier alpha value is -2.67. The fourth-order valence-corrected chi connectivity index (χ4v) is 2.66. The minimum Gasteiger partial charge on any atom is -0.486 e. The molecule has 0 aliphatic carbocycles. The van der Waals surface area contributed by atoms with Crippen LogP contribution in [-0.2, 0) is 6.61 Å². The zero-order valence-electron chi connectivity index (χ0n) is 14.1. The van der Waals surface area contributed by atoms with Crippen LogP contribution in [0, 0.1) is 5.92 Å². The number of nitrogens with zero attached hydrogens (tertiary/aromatic N) is 1. The van der Waals surface area contributed by atoms with Crippen LogP contribution >= 0.6 is 0 Å². The number of Topliss-reactive ketones (excluding diaryl/α,β-unsaturated/α-hetero) is 1. The molecule has 7 heteroatoms. The Morgan fingerprint density at radius 3 is 3.04 bits per heavy atom. The van der Waals surface area contributed by atoms with Crippen LogP contribution < -0.4 is 15.4 Å². The molecular weight excluding hydrogens is 322 g/mol. The second kappa shape index (κ2) is 7.94. The molecule has 1 amide bonds. The smallest absolute Gasteiger partial charge is 0.273 e. The van der Waals surface area contributed by atoms with Crippen molar-refractivity contribution in [3.63, 3.8) is 0 Å². The molecule has 2 N–H and O–H groups in total. The van der Waals surface area contributed by atoms with Gasteiger partial charge in [-0.05, 0) is 44.5 Å². The zero-order chi connectivity index (χ0) is 17.6. The van der Waals surface area contributed by atoms with E-state index >= 15 is 0 Å². The van der Waals surface area contributed by atoms with Crippen LogP contribution in [0.3, 0.4) is 0 Å². The fourth-order valence-electron chi connectivity index (χ4n) is 2.66. The largest absolute Gasteiger partial charge is 0.486 e. The first-order valence-corrected chi connectivity index (χ1v) is 8.30. The number of benzene rings is 1. The number of ketones is 1. The summed E-state index contributed by atoms with van der Waals surface area (Å²) in [6.45, 7) is 4.19. The Balaban J connectivity index is 1.51. The van der Waals surface area contributed by atoms with Crippen LogP contribution in [0.2, 0.25) is 0 Å². The monoisotopic (exact) mass is 343 g/mol. The normalized spacial score (nSPS) is 16.6. The Bertz CT molecular complexity index is 750. The molecule has 3 rings (SSSR count). The van der Waals surface area contributed by atoms with Crippen LogP contribution in [0.25, 0.3) is 0 Å². The van der Waals surface area contributed by atoms with E-state index in [-0.39, 0.29) is 24.0 Å². The van der Waals surface area contributed by atoms with Gasteiger partial charge in [0, 0.05) is 18.2 Å². The number of carbonyl (C=O) groups excluding carboxylic acids is 2. The Morgan fingerprint density at radius 1 is 1.40 bits per heavy atom. The third-order valence-corrected chi connectivity index (χ3v) is 4.13. The van der Waals surface area contributed by atoms with Crippen molar-refractivity contribution in [2.24, 2.45) is 5.92 Å². The third-order valence-electron chi connectivity index (χ3n) is 4.13. The first kappa shape index (κ1) is 17.2. The summed E-state index contributed by atoms with van der Waals surface area (Å²) in [5.41, 5.74) is 0.818. The SMILES string of the molecule is CC(=O)c1cccc(OCc2cc(C(=O)NC[C@H]3CCNC3)no2)c1. The van der Waals surface area contributed by atoms with E-state index in [1.807, 2.05) is 0 Å². The van der Waals surface area contributed by atoms with Gasteiger partial charge >= 0.3 is 0 Å². The average Bonchev–Trinajstić information content (AvgIpc) is 3.30. The van der Waals surface area contributed by atoms with Gasteiger partial charge in [0.15, 0.2) is 17.2 Å². The van der Waals surface area contributed by atoms with Crippen molar-refractivity contribution in [3.05, 3.63) is 47.3 Å². The highest BCUT2D eigenvalue weighted by molar-refractivity contribution is 5.94. The summed E-state index contributed by atoms with van der Waals surface area (Å²) in [5.74, 6) is 1.19. The van der Waals surface area contributed by atoms with Gasteiger partial charge in [-0.25, -0.2) is 0 Å². The van der Waals surface area contributed by atoms with Crippen molar-refractivity contribution in [1.82, 2.24) is 15.8 Å². The summed E-state index contributed by atoms with van der Waals surface area (Å²) in [5, 5.41) is 9.91. The van der Waals surface area contributed by atoms with Gasteiger partial charge in [-0.15, -0.1) is 0 Å². The standard InChI is InChI=1S/C18H21N3O4/c1-12(22)14-3-2-4-15(7-14)24-11-16-8-17(21-25-16)18(23)20-10-13-5-6-19-9-13/h2-4,7-8,13,19H,5-6,9-11H2,1H3,(H,20,23)/t13-/m0/s1. The second-order valence-corrected chi connectivity index (χ2v) is 6.12. The van der Waals surface area contributed by atoms with E-state index in [0.717, 1.165) is 19.5 Å². The first-order chi connectivity index (χ1) is 12.1. The predicted molar refractivity (Wildman–Crippen MR) is 90.6 cm³/mol. The van der Waals surface area contributed by atoms with Crippen LogP contribution in [-0.4, -0.2) is 36.5 Å². The van der Waals surface area contributed by atoms with Crippen molar-refractivity contribution in [2.45, 2.75) is 20.0 Å². The molecule has 1 aromatic carbocycles. The van der Waals surface area contributed by atoms with E-state index < -0.39 is 0 Å².